The minimum absolute atomic E-state index is 0.293. The molecule has 122 valence electrons. The first-order chi connectivity index (χ1) is 11.0. The molecule has 0 aliphatic heterocycles. The van der Waals surface area contributed by atoms with Crippen molar-refractivity contribution >= 4 is 40.8 Å². The van der Waals surface area contributed by atoms with Crippen molar-refractivity contribution in [2.24, 2.45) is 5.73 Å². The molecule has 0 amide bonds. The first kappa shape index (κ1) is 16.8. The standard InChI is InChI=1S/C16H18Cl2N4S/c1-9-16(23-13-4-2-3-12(17)15(13)18)20-8-14(21-9)22-11-6-5-10(19)7-11/h2-4,8,10-11H,5-7,19H2,1H3,(H,21,22). The fraction of sp³-hybridized carbons (Fsp3) is 0.375. The van der Waals surface area contributed by atoms with Crippen LogP contribution in [0.1, 0.15) is 25.0 Å². The van der Waals surface area contributed by atoms with E-state index in [2.05, 4.69) is 15.3 Å². The van der Waals surface area contributed by atoms with E-state index in [1.165, 1.54) is 11.8 Å². The Balaban J connectivity index is 1.73. The zero-order valence-electron chi connectivity index (χ0n) is 12.7. The maximum atomic E-state index is 6.23. The van der Waals surface area contributed by atoms with Crippen LogP contribution in [-0.2, 0) is 0 Å². The molecule has 1 fully saturated rings. The lowest BCUT2D eigenvalue weighted by Crippen LogP contribution is -2.21. The first-order valence-electron chi connectivity index (χ1n) is 7.50. The summed E-state index contributed by atoms with van der Waals surface area (Å²) >= 11 is 13.7. The number of aryl methyl sites for hydroxylation is 1. The molecule has 1 aliphatic rings. The van der Waals surface area contributed by atoms with Gasteiger partial charge in [0.2, 0.25) is 0 Å². The lowest BCUT2D eigenvalue weighted by Gasteiger charge is -2.14. The van der Waals surface area contributed by atoms with Crippen LogP contribution in [0.15, 0.2) is 34.3 Å². The molecule has 0 saturated heterocycles. The number of benzene rings is 1. The van der Waals surface area contributed by atoms with Gasteiger partial charge in [0.1, 0.15) is 10.8 Å². The fourth-order valence-corrected chi connectivity index (χ4v) is 3.99. The Bertz CT molecular complexity index is 710. The summed E-state index contributed by atoms with van der Waals surface area (Å²) in [4.78, 5) is 9.98. The normalized spacial score (nSPS) is 20.7. The van der Waals surface area contributed by atoms with Gasteiger partial charge in [-0.25, -0.2) is 9.97 Å². The highest BCUT2D eigenvalue weighted by Gasteiger charge is 2.22. The number of hydrogen-bond acceptors (Lipinski definition) is 5. The van der Waals surface area contributed by atoms with Crippen LogP contribution >= 0.6 is 35.0 Å². The van der Waals surface area contributed by atoms with Gasteiger partial charge in [0.25, 0.3) is 0 Å². The Morgan fingerprint density at radius 2 is 2.13 bits per heavy atom. The van der Waals surface area contributed by atoms with Gasteiger partial charge in [-0.1, -0.05) is 41.0 Å². The second-order valence-corrected chi connectivity index (χ2v) is 7.53. The highest BCUT2D eigenvalue weighted by atomic mass is 35.5. The molecule has 4 nitrogen and oxygen atoms in total. The molecule has 0 spiro atoms. The van der Waals surface area contributed by atoms with E-state index >= 15 is 0 Å². The van der Waals surface area contributed by atoms with Gasteiger partial charge in [0, 0.05) is 17.0 Å². The van der Waals surface area contributed by atoms with Crippen molar-refractivity contribution in [2.75, 3.05) is 5.32 Å². The minimum atomic E-state index is 0.293. The molecular weight excluding hydrogens is 351 g/mol. The lowest BCUT2D eigenvalue weighted by molar-refractivity contribution is 0.686. The van der Waals surface area contributed by atoms with Crippen LogP contribution in [0, 0.1) is 6.92 Å². The number of anilines is 1. The number of nitrogens with zero attached hydrogens (tertiary/aromatic N) is 2. The van der Waals surface area contributed by atoms with E-state index < -0.39 is 0 Å². The van der Waals surface area contributed by atoms with Crippen LogP contribution in [0.3, 0.4) is 0 Å². The molecule has 1 saturated carbocycles. The van der Waals surface area contributed by atoms with Crippen molar-refractivity contribution in [1.82, 2.24) is 9.97 Å². The molecule has 1 aliphatic carbocycles. The molecule has 7 heteroatoms. The van der Waals surface area contributed by atoms with Crippen molar-refractivity contribution < 1.29 is 0 Å². The zero-order valence-corrected chi connectivity index (χ0v) is 15.0. The van der Waals surface area contributed by atoms with Gasteiger partial charge in [-0.15, -0.1) is 0 Å². The summed E-state index contributed by atoms with van der Waals surface area (Å²) in [7, 11) is 0. The summed E-state index contributed by atoms with van der Waals surface area (Å²) in [5.41, 5.74) is 6.80. The number of aromatic nitrogens is 2. The average Bonchev–Trinajstić information content (AvgIpc) is 2.91. The Morgan fingerprint density at radius 3 is 2.83 bits per heavy atom. The van der Waals surface area contributed by atoms with Gasteiger partial charge < -0.3 is 11.1 Å². The van der Waals surface area contributed by atoms with Crippen molar-refractivity contribution in [1.29, 1.82) is 0 Å². The van der Waals surface area contributed by atoms with Gasteiger partial charge >= 0.3 is 0 Å². The van der Waals surface area contributed by atoms with E-state index in [1.807, 2.05) is 19.1 Å². The fourth-order valence-electron chi connectivity index (χ4n) is 2.66. The van der Waals surface area contributed by atoms with Gasteiger partial charge in [-0.3, -0.25) is 0 Å². The topological polar surface area (TPSA) is 63.8 Å². The number of hydrogen-bond donors (Lipinski definition) is 2. The first-order valence-corrected chi connectivity index (χ1v) is 9.08. The van der Waals surface area contributed by atoms with Crippen LogP contribution in [0.4, 0.5) is 5.82 Å². The molecule has 1 heterocycles. The monoisotopic (exact) mass is 368 g/mol. The Morgan fingerprint density at radius 1 is 1.30 bits per heavy atom. The third-order valence-electron chi connectivity index (χ3n) is 3.85. The van der Waals surface area contributed by atoms with E-state index in [0.29, 0.717) is 22.1 Å². The number of nitrogens with one attached hydrogen (secondary N) is 1. The largest absolute Gasteiger partial charge is 0.366 e. The summed E-state index contributed by atoms with van der Waals surface area (Å²) in [5.74, 6) is 0.795. The maximum absolute atomic E-state index is 6.23. The highest BCUT2D eigenvalue weighted by molar-refractivity contribution is 7.99. The van der Waals surface area contributed by atoms with E-state index in [-0.39, 0.29) is 0 Å². The third-order valence-corrected chi connectivity index (χ3v) is 5.93. The lowest BCUT2D eigenvalue weighted by atomic mass is 10.2. The Hall–Kier alpha value is -1.01. The molecule has 3 N–H and O–H groups in total. The van der Waals surface area contributed by atoms with Crippen molar-refractivity contribution in [3.63, 3.8) is 0 Å². The number of nitrogens with two attached hydrogens (primary N) is 1. The predicted molar refractivity (Wildman–Crippen MR) is 96.6 cm³/mol. The predicted octanol–water partition coefficient (Wildman–Crippen LogP) is 4.53. The van der Waals surface area contributed by atoms with Crippen molar-refractivity contribution in [3.05, 3.63) is 40.1 Å². The van der Waals surface area contributed by atoms with Crippen LogP contribution in [0.2, 0.25) is 10.0 Å². The molecule has 1 aromatic carbocycles. The molecule has 2 aromatic rings. The average molecular weight is 369 g/mol. The van der Waals surface area contributed by atoms with Gasteiger partial charge in [0.05, 0.1) is 21.9 Å². The number of rotatable bonds is 4. The molecule has 2 unspecified atom stereocenters. The minimum Gasteiger partial charge on any atom is -0.366 e. The van der Waals surface area contributed by atoms with Gasteiger partial charge in [-0.05, 0) is 38.3 Å². The Labute approximate surface area is 150 Å². The molecule has 0 radical (unpaired) electrons. The molecule has 1 aromatic heterocycles. The van der Waals surface area contributed by atoms with Crippen molar-refractivity contribution in [2.45, 2.75) is 48.2 Å². The van der Waals surface area contributed by atoms with Crippen molar-refractivity contribution in [3.8, 4) is 0 Å². The molecule has 0 bridgehead atoms. The molecule has 23 heavy (non-hydrogen) atoms. The summed E-state index contributed by atoms with van der Waals surface area (Å²) in [5, 5.41) is 5.32. The van der Waals surface area contributed by atoms with E-state index in [4.69, 9.17) is 28.9 Å². The molecule has 3 rings (SSSR count). The Kier molecular flexibility index (Phi) is 5.31. The summed E-state index contributed by atoms with van der Waals surface area (Å²) in [6.07, 6.45) is 4.88. The smallest absolute Gasteiger partial charge is 0.145 e. The third kappa shape index (κ3) is 4.10. The van der Waals surface area contributed by atoms with Crippen LogP contribution in [0.25, 0.3) is 0 Å². The summed E-state index contributed by atoms with van der Waals surface area (Å²) in [6, 6.07) is 6.25. The summed E-state index contributed by atoms with van der Waals surface area (Å²) in [6.45, 7) is 1.94. The van der Waals surface area contributed by atoms with Gasteiger partial charge in [0.15, 0.2) is 0 Å². The van der Waals surface area contributed by atoms with E-state index in [1.54, 1.807) is 12.3 Å². The summed E-state index contributed by atoms with van der Waals surface area (Å²) < 4.78 is 0. The molecule has 2 atom stereocenters. The van der Waals surface area contributed by atoms with Crippen LogP contribution < -0.4 is 11.1 Å². The van der Waals surface area contributed by atoms with Gasteiger partial charge in [-0.2, -0.15) is 0 Å². The SMILES string of the molecule is Cc1nc(NC2CCC(N)C2)cnc1Sc1cccc(Cl)c1Cl. The highest BCUT2D eigenvalue weighted by Crippen LogP contribution is 2.37. The van der Waals surface area contributed by atoms with Crippen LogP contribution in [0.5, 0.6) is 0 Å². The van der Waals surface area contributed by atoms with Crippen LogP contribution in [-0.4, -0.2) is 22.1 Å². The van der Waals surface area contributed by atoms with E-state index in [9.17, 15) is 0 Å². The number of halogens is 2. The maximum Gasteiger partial charge on any atom is 0.145 e. The van der Waals surface area contributed by atoms with E-state index in [0.717, 1.165) is 40.7 Å². The zero-order chi connectivity index (χ0) is 16.4. The quantitative estimate of drug-likeness (QED) is 0.829. The molecular formula is C16H18Cl2N4S. The second-order valence-electron chi connectivity index (χ2n) is 5.71. The second kappa shape index (κ2) is 7.26.